The van der Waals surface area contributed by atoms with Crippen LogP contribution in [0.1, 0.15) is 5.76 Å². The lowest BCUT2D eigenvalue weighted by molar-refractivity contribution is -0.146. The smallest absolute Gasteiger partial charge is 0.316 e. The van der Waals surface area contributed by atoms with E-state index < -0.39 is 17.7 Å². The second-order valence-electron chi connectivity index (χ2n) is 4.24. The zero-order valence-corrected chi connectivity index (χ0v) is 12.4. The number of esters is 1. The van der Waals surface area contributed by atoms with Crippen molar-refractivity contribution >= 4 is 23.6 Å². The third-order valence-corrected chi connectivity index (χ3v) is 3.61. The van der Waals surface area contributed by atoms with Crippen LogP contribution in [0.25, 0.3) is 0 Å². The number of thioether (sulfide) groups is 1. The molecule has 1 aromatic carbocycles. The highest BCUT2D eigenvalue weighted by Gasteiger charge is 2.10. The van der Waals surface area contributed by atoms with Gasteiger partial charge < -0.3 is 14.5 Å². The van der Waals surface area contributed by atoms with E-state index in [9.17, 15) is 14.0 Å². The second kappa shape index (κ2) is 8.23. The van der Waals surface area contributed by atoms with Crippen LogP contribution in [0.2, 0.25) is 0 Å². The van der Waals surface area contributed by atoms with E-state index in [1.807, 2.05) is 0 Å². The van der Waals surface area contributed by atoms with Crippen LogP contribution in [-0.4, -0.2) is 24.2 Å². The van der Waals surface area contributed by atoms with Gasteiger partial charge in [-0.3, -0.25) is 9.59 Å². The molecule has 22 heavy (non-hydrogen) atoms. The molecule has 0 saturated carbocycles. The zero-order valence-electron chi connectivity index (χ0n) is 11.6. The van der Waals surface area contributed by atoms with E-state index in [0.29, 0.717) is 10.7 Å². The van der Waals surface area contributed by atoms with Crippen LogP contribution in [0.3, 0.4) is 0 Å². The summed E-state index contributed by atoms with van der Waals surface area (Å²) in [5.41, 5.74) is 0. The molecule has 1 heterocycles. The van der Waals surface area contributed by atoms with Gasteiger partial charge in [-0.2, -0.15) is 0 Å². The van der Waals surface area contributed by atoms with Crippen LogP contribution in [0.5, 0.6) is 0 Å². The minimum Gasteiger partial charge on any atom is -0.467 e. The second-order valence-corrected chi connectivity index (χ2v) is 5.25. The molecule has 0 spiro atoms. The predicted molar refractivity (Wildman–Crippen MR) is 78.6 cm³/mol. The Bertz CT molecular complexity index is 630. The highest BCUT2D eigenvalue weighted by Crippen LogP contribution is 2.20. The monoisotopic (exact) mass is 323 g/mol. The fourth-order valence-corrected chi connectivity index (χ4v) is 2.27. The number of amides is 1. The van der Waals surface area contributed by atoms with Gasteiger partial charge in [0.2, 0.25) is 0 Å². The Morgan fingerprint density at radius 3 is 2.77 bits per heavy atom. The zero-order chi connectivity index (χ0) is 15.8. The molecule has 2 aromatic rings. The molecule has 0 atom stereocenters. The van der Waals surface area contributed by atoms with Crippen LogP contribution in [0, 0.1) is 5.82 Å². The molecule has 1 N–H and O–H groups in total. The van der Waals surface area contributed by atoms with E-state index in [1.165, 1.54) is 12.3 Å². The highest BCUT2D eigenvalue weighted by molar-refractivity contribution is 8.00. The Morgan fingerprint density at radius 1 is 1.23 bits per heavy atom. The van der Waals surface area contributed by atoms with E-state index in [-0.39, 0.29) is 18.9 Å². The van der Waals surface area contributed by atoms with Crippen molar-refractivity contribution < 1.29 is 23.1 Å². The molecule has 0 unspecified atom stereocenters. The highest BCUT2D eigenvalue weighted by atomic mass is 32.2. The largest absolute Gasteiger partial charge is 0.467 e. The molecule has 116 valence electrons. The van der Waals surface area contributed by atoms with Crippen molar-refractivity contribution in [2.24, 2.45) is 0 Å². The summed E-state index contributed by atoms with van der Waals surface area (Å²) in [4.78, 5) is 23.3. The fourth-order valence-electron chi connectivity index (χ4n) is 1.54. The number of nitrogens with one attached hydrogen (secondary N) is 1. The average Bonchev–Trinajstić information content (AvgIpc) is 3.03. The van der Waals surface area contributed by atoms with Gasteiger partial charge >= 0.3 is 5.97 Å². The molecule has 0 saturated heterocycles. The Morgan fingerprint density at radius 2 is 2.05 bits per heavy atom. The standard InChI is InChI=1S/C15H14FNO4S/c16-12-5-1-2-6-13(12)22-10-15(19)21-9-14(18)17-8-11-4-3-7-20-11/h1-7H,8-10H2,(H,17,18). The first-order valence-electron chi connectivity index (χ1n) is 6.47. The van der Waals surface area contributed by atoms with Gasteiger partial charge in [0.1, 0.15) is 11.6 Å². The number of carbonyl (C=O) groups excluding carboxylic acids is 2. The summed E-state index contributed by atoms with van der Waals surface area (Å²) in [5.74, 6) is -0.861. The third-order valence-electron chi connectivity index (χ3n) is 2.59. The summed E-state index contributed by atoms with van der Waals surface area (Å²) in [5, 5.41) is 2.55. The molecule has 0 aliphatic carbocycles. The summed E-state index contributed by atoms with van der Waals surface area (Å²) in [6, 6.07) is 9.57. The number of benzene rings is 1. The number of ether oxygens (including phenoxy) is 1. The summed E-state index contributed by atoms with van der Waals surface area (Å²) >= 11 is 1.02. The number of hydrogen-bond donors (Lipinski definition) is 1. The lowest BCUT2D eigenvalue weighted by Gasteiger charge is -2.06. The first kappa shape index (κ1) is 16.1. The van der Waals surface area contributed by atoms with Crippen molar-refractivity contribution in [3.8, 4) is 0 Å². The van der Waals surface area contributed by atoms with Crippen molar-refractivity contribution in [1.82, 2.24) is 5.32 Å². The molecule has 0 radical (unpaired) electrons. The maximum atomic E-state index is 13.3. The Kier molecular flexibility index (Phi) is 6.02. The maximum Gasteiger partial charge on any atom is 0.316 e. The third kappa shape index (κ3) is 5.25. The van der Waals surface area contributed by atoms with Gasteiger partial charge in [0.15, 0.2) is 6.61 Å². The van der Waals surface area contributed by atoms with Crippen LogP contribution in [0.4, 0.5) is 4.39 Å². The predicted octanol–water partition coefficient (Wildman–Crippen LogP) is 2.37. The van der Waals surface area contributed by atoms with Crippen molar-refractivity contribution in [1.29, 1.82) is 0 Å². The normalized spacial score (nSPS) is 10.2. The molecule has 1 aromatic heterocycles. The minimum atomic E-state index is -0.582. The first-order chi connectivity index (χ1) is 10.6. The lowest BCUT2D eigenvalue weighted by Crippen LogP contribution is -2.28. The number of hydrogen-bond acceptors (Lipinski definition) is 5. The van der Waals surface area contributed by atoms with E-state index in [2.05, 4.69) is 5.32 Å². The summed E-state index contributed by atoms with van der Waals surface area (Å²) in [6.07, 6.45) is 1.50. The van der Waals surface area contributed by atoms with E-state index in [0.717, 1.165) is 11.8 Å². The molecule has 2 rings (SSSR count). The summed E-state index contributed by atoms with van der Waals surface area (Å²) in [6.45, 7) is -0.148. The quantitative estimate of drug-likeness (QED) is 0.626. The van der Waals surface area contributed by atoms with Crippen LogP contribution in [-0.2, 0) is 20.9 Å². The number of carbonyl (C=O) groups is 2. The van der Waals surface area contributed by atoms with Crippen molar-refractivity contribution in [3.05, 3.63) is 54.2 Å². The van der Waals surface area contributed by atoms with Crippen molar-refractivity contribution in [3.63, 3.8) is 0 Å². The van der Waals surface area contributed by atoms with E-state index in [1.54, 1.807) is 30.3 Å². The Labute approximate surface area is 130 Å². The summed E-state index contributed by atoms with van der Waals surface area (Å²) in [7, 11) is 0. The maximum absolute atomic E-state index is 13.3. The van der Waals surface area contributed by atoms with Gasteiger partial charge in [-0.1, -0.05) is 12.1 Å². The molecule has 1 amide bonds. The average molecular weight is 323 g/mol. The molecule has 7 heteroatoms. The van der Waals surface area contributed by atoms with Crippen LogP contribution >= 0.6 is 11.8 Å². The SMILES string of the molecule is O=C(COC(=O)CSc1ccccc1F)NCc1ccco1. The van der Waals surface area contributed by atoms with Gasteiger partial charge in [-0.05, 0) is 24.3 Å². The van der Waals surface area contributed by atoms with Gasteiger partial charge in [-0.25, -0.2) is 4.39 Å². The van der Waals surface area contributed by atoms with E-state index >= 15 is 0 Å². The van der Waals surface area contributed by atoms with Gasteiger partial charge in [0.25, 0.3) is 5.91 Å². The molecule has 5 nitrogen and oxygen atoms in total. The molecule has 0 aliphatic heterocycles. The molecule has 0 fully saturated rings. The van der Waals surface area contributed by atoms with Gasteiger partial charge in [0.05, 0.1) is 18.6 Å². The van der Waals surface area contributed by atoms with Gasteiger partial charge in [-0.15, -0.1) is 11.8 Å². The van der Waals surface area contributed by atoms with Crippen molar-refractivity contribution in [2.45, 2.75) is 11.4 Å². The molecule has 0 bridgehead atoms. The number of furan rings is 1. The van der Waals surface area contributed by atoms with Crippen molar-refractivity contribution in [2.75, 3.05) is 12.4 Å². The number of rotatable bonds is 7. The topological polar surface area (TPSA) is 68.5 Å². The fraction of sp³-hybridized carbons (Fsp3) is 0.200. The van der Waals surface area contributed by atoms with Crippen LogP contribution in [0.15, 0.2) is 52.0 Å². The lowest BCUT2D eigenvalue weighted by atomic mass is 10.3. The number of halogens is 1. The Balaban J connectivity index is 1.65. The van der Waals surface area contributed by atoms with Gasteiger partial charge in [0, 0.05) is 4.90 Å². The molecular weight excluding hydrogens is 309 g/mol. The molecular formula is C15H14FNO4S. The van der Waals surface area contributed by atoms with E-state index in [4.69, 9.17) is 9.15 Å². The molecule has 0 aliphatic rings. The summed E-state index contributed by atoms with van der Waals surface area (Å²) < 4.78 is 23.2. The first-order valence-corrected chi connectivity index (χ1v) is 7.46. The minimum absolute atomic E-state index is 0.0631. The Hall–Kier alpha value is -2.28. The van der Waals surface area contributed by atoms with Crippen LogP contribution < -0.4 is 5.32 Å².